The molecule has 0 unspecified atom stereocenters. The largest absolute Gasteiger partial charge is 0.507 e. The van der Waals surface area contributed by atoms with E-state index < -0.39 is 0 Å². The van der Waals surface area contributed by atoms with Gasteiger partial charge in [0.25, 0.3) is 0 Å². The summed E-state index contributed by atoms with van der Waals surface area (Å²) in [7, 11) is 0. The molecular weight excluding hydrogens is 276 g/mol. The molecule has 0 aliphatic heterocycles. The predicted molar refractivity (Wildman–Crippen MR) is 84.1 cm³/mol. The summed E-state index contributed by atoms with van der Waals surface area (Å²) < 4.78 is 0. The second-order valence-electron chi connectivity index (χ2n) is 7.74. The van der Waals surface area contributed by atoms with E-state index in [2.05, 4.69) is 6.92 Å². The van der Waals surface area contributed by atoms with E-state index in [1.165, 1.54) is 5.56 Å². The summed E-state index contributed by atoms with van der Waals surface area (Å²) in [6.45, 7) is 2.27. The molecule has 4 rings (SSSR count). The fourth-order valence-electron chi connectivity index (χ4n) is 5.79. The van der Waals surface area contributed by atoms with Gasteiger partial charge in [0.05, 0.1) is 11.7 Å². The molecule has 22 heavy (non-hydrogen) atoms. The van der Waals surface area contributed by atoms with Crippen LogP contribution >= 0.6 is 0 Å². The predicted octanol–water partition coefficient (Wildman–Crippen LogP) is 3.42. The van der Waals surface area contributed by atoms with Crippen molar-refractivity contribution in [1.29, 1.82) is 0 Å². The Morgan fingerprint density at radius 1 is 1.23 bits per heavy atom. The highest BCUT2D eigenvalue weighted by molar-refractivity contribution is 5.82. The van der Waals surface area contributed by atoms with Crippen molar-refractivity contribution in [2.24, 2.45) is 17.3 Å². The summed E-state index contributed by atoms with van der Waals surface area (Å²) in [5, 5.41) is 20.3. The lowest BCUT2D eigenvalue weighted by Gasteiger charge is -2.50. The van der Waals surface area contributed by atoms with Gasteiger partial charge in [-0.2, -0.15) is 0 Å². The third-order valence-electron chi connectivity index (χ3n) is 7.00. The van der Waals surface area contributed by atoms with E-state index in [9.17, 15) is 15.0 Å². The molecule has 0 amide bonds. The van der Waals surface area contributed by atoms with Crippen LogP contribution in [0.1, 0.15) is 66.4 Å². The quantitative estimate of drug-likeness (QED) is 0.781. The average molecular weight is 300 g/mol. The number of aromatic hydroxyl groups is 1. The number of benzene rings is 1. The number of carbonyl (C=O) groups excluding carboxylic acids is 1. The highest BCUT2D eigenvalue weighted by Gasteiger charge is 2.54. The van der Waals surface area contributed by atoms with Crippen LogP contribution in [0.15, 0.2) is 12.1 Å². The number of fused-ring (bicyclic) bond motifs is 5. The lowest BCUT2D eigenvalue weighted by molar-refractivity contribution is -0.0226. The Hall–Kier alpha value is -1.35. The Bertz CT molecular complexity index is 623. The molecule has 5 atom stereocenters. The maximum absolute atomic E-state index is 11.3. The van der Waals surface area contributed by atoms with Crippen LogP contribution in [0.25, 0.3) is 0 Å². The molecule has 2 N–H and O–H groups in total. The van der Waals surface area contributed by atoms with Crippen LogP contribution in [-0.2, 0) is 6.42 Å². The standard InChI is InChI=1S/C19H24O3/c1-19-9-8-13-11-4-6-17(21)15(10-20)12(11)2-3-14(13)16(19)5-7-18(19)22/h4,6,10,13-14,16,18,21-22H,2-3,5,7-9H2,1H3/t13-,14-,16+,18-,19+/m1/s1. The van der Waals surface area contributed by atoms with E-state index in [-0.39, 0.29) is 17.3 Å². The van der Waals surface area contributed by atoms with Gasteiger partial charge in [-0.25, -0.2) is 0 Å². The summed E-state index contributed by atoms with van der Waals surface area (Å²) in [6, 6.07) is 3.71. The molecule has 3 nitrogen and oxygen atoms in total. The topological polar surface area (TPSA) is 57.5 Å². The normalized spacial score (nSPS) is 39.7. The smallest absolute Gasteiger partial charge is 0.154 e. The molecule has 3 heteroatoms. The van der Waals surface area contributed by atoms with E-state index in [0.29, 0.717) is 23.3 Å². The van der Waals surface area contributed by atoms with Crippen LogP contribution in [0.2, 0.25) is 0 Å². The van der Waals surface area contributed by atoms with Crippen LogP contribution < -0.4 is 0 Å². The molecule has 1 aromatic carbocycles. The zero-order chi connectivity index (χ0) is 15.5. The third kappa shape index (κ3) is 1.75. The molecule has 0 saturated heterocycles. The molecule has 3 aliphatic carbocycles. The molecule has 2 saturated carbocycles. The number of carbonyl (C=O) groups is 1. The van der Waals surface area contributed by atoms with Gasteiger partial charge in [-0.15, -0.1) is 0 Å². The number of aliphatic hydroxyl groups is 1. The highest BCUT2D eigenvalue weighted by Crippen LogP contribution is 2.61. The van der Waals surface area contributed by atoms with Gasteiger partial charge in [-0.3, -0.25) is 4.79 Å². The third-order valence-corrected chi connectivity index (χ3v) is 7.00. The lowest BCUT2D eigenvalue weighted by atomic mass is 9.55. The molecule has 2 fully saturated rings. The Morgan fingerprint density at radius 3 is 2.82 bits per heavy atom. The van der Waals surface area contributed by atoms with Gasteiger partial charge in [0, 0.05) is 0 Å². The van der Waals surface area contributed by atoms with E-state index >= 15 is 0 Å². The van der Waals surface area contributed by atoms with Crippen LogP contribution in [-0.4, -0.2) is 22.6 Å². The van der Waals surface area contributed by atoms with E-state index in [4.69, 9.17) is 0 Å². The second-order valence-corrected chi connectivity index (χ2v) is 7.74. The molecule has 0 aromatic heterocycles. The number of hydrogen-bond acceptors (Lipinski definition) is 3. The van der Waals surface area contributed by atoms with E-state index in [1.807, 2.05) is 6.07 Å². The minimum Gasteiger partial charge on any atom is -0.507 e. The van der Waals surface area contributed by atoms with Gasteiger partial charge in [0.15, 0.2) is 6.29 Å². The van der Waals surface area contributed by atoms with Gasteiger partial charge in [0.1, 0.15) is 5.75 Å². The fraction of sp³-hybridized carbons (Fsp3) is 0.632. The fourth-order valence-corrected chi connectivity index (χ4v) is 5.79. The lowest BCUT2D eigenvalue weighted by Crippen LogP contribution is -2.44. The monoisotopic (exact) mass is 300 g/mol. The molecule has 0 spiro atoms. The Labute approximate surface area is 131 Å². The van der Waals surface area contributed by atoms with Crippen molar-refractivity contribution in [1.82, 2.24) is 0 Å². The summed E-state index contributed by atoms with van der Waals surface area (Å²) in [4.78, 5) is 11.3. The van der Waals surface area contributed by atoms with Crippen LogP contribution in [0.4, 0.5) is 0 Å². The summed E-state index contributed by atoms with van der Waals surface area (Å²) >= 11 is 0. The van der Waals surface area contributed by atoms with Crippen molar-refractivity contribution in [3.05, 3.63) is 28.8 Å². The summed E-state index contributed by atoms with van der Waals surface area (Å²) in [6.07, 6.45) is 6.84. The van der Waals surface area contributed by atoms with Crippen molar-refractivity contribution in [2.45, 2.75) is 57.5 Å². The van der Waals surface area contributed by atoms with Gasteiger partial charge in [0.2, 0.25) is 0 Å². The molecular formula is C19H24O3. The summed E-state index contributed by atoms with van der Waals surface area (Å²) in [5.74, 6) is 1.82. The minimum atomic E-state index is -0.148. The van der Waals surface area contributed by atoms with E-state index in [0.717, 1.165) is 50.4 Å². The molecule has 0 bridgehead atoms. The van der Waals surface area contributed by atoms with Gasteiger partial charge in [-0.05, 0) is 78.9 Å². The van der Waals surface area contributed by atoms with Gasteiger partial charge >= 0.3 is 0 Å². The number of aldehydes is 1. The number of aliphatic hydroxyl groups excluding tert-OH is 1. The number of phenols is 1. The zero-order valence-electron chi connectivity index (χ0n) is 13.1. The van der Waals surface area contributed by atoms with Crippen molar-refractivity contribution in [2.75, 3.05) is 0 Å². The number of phenolic OH excluding ortho intramolecular Hbond substituents is 1. The first-order valence-electron chi connectivity index (χ1n) is 8.54. The Balaban J connectivity index is 1.75. The van der Waals surface area contributed by atoms with Crippen LogP contribution in [0, 0.1) is 17.3 Å². The molecule has 0 radical (unpaired) electrons. The number of rotatable bonds is 1. The van der Waals surface area contributed by atoms with Crippen molar-refractivity contribution in [3.63, 3.8) is 0 Å². The highest BCUT2D eigenvalue weighted by atomic mass is 16.3. The average Bonchev–Trinajstić information content (AvgIpc) is 2.82. The van der Waals surface area contributed by atoms with Gasteiger partial charge < -0.3 is 10.2 Å². The second kappa shape index (κ2) is 4.82. The Kier molecular flexibility index (Phi) is 3.12. The van der Waals surface area contributed by atoms with Crippen LogP contribution in [0.3, 0.4) is 0 Å². The van der Waals surface area contributed by atoms with Crippen LogP contribution in [0.5, 0.6) is 5.75 Å². The first kappa shape index (κ1) is 14.3. The molecule has 1 aromatic rings. The summed E-state index contributed by atoms with van der Waals surface area (Å²) in [5.41, 5.74) is 2.93. The first-order valence-corrected chi connectivity index (χ1v) is 8.54. The van der Waals surface area contributed by atoms with Crippen molar-refractivity contribution < 1.29 is 15.0 Å². The van der Waals surface area contributed by atoms with E-state index in [1.54, 1.807) is 6.07 Å². The number of hydrogen-bond donors (Lipinski definition) is 2. The zero-order valence-corrected chi connectivity index (χ0v) is 13.1. The molecule has 118 valence electrons. The SMILES string of the molecule is C[C@]12CC[C@@H]3c4ccc(O)c(C=O)c4CC[C@H]3[C@@H]1CC[C@H]2O. The van der Waals surface area contributed by atoms with Gasteiger partial charge in [-0.1, -0.05) is 13.0 Å². The van der Waals surface area contributed by atoms with Crippen molar-refractivity contribution in [3.8, 4) is 5.75 Å². The molecule has 0 heterocycles. The first-order chi connectivity index (χ1) is 10.6. The maximum Gasteiger partial charge on any atom is 0.154 e. The maximum atomic E-state index is 11.3. The minimum absolute atomic E-state index is 0.0864. The Morgan fingerprint density at radius 2 is 2.05 bits per heavy atom. The van der Waals surface area contributed by atoms with Crippen molar-refractivity contribution >= 4 is 6.29 Å². The molecule has 3 aliphatic rings.